The van der Waals surface area contributed by atoms with Crippen LogP contribution in [0.1, 0.15) is 5.76 Å². The van der Waals surface area contributed by atoms with Gasteiger partial charge in [-0.1, -0.05) is 18.2 Å². The Kier molecular flexibility index (Phi) is 1.71. The van der Waals surface area contributed by atoms with Crippen LogP contribution in [-0.4, -0.2) is 0 Å². The number of furan rings is 1. The van der Waals surface area contributed by atoms with Gasteiger partial charge < -0.3 is 4.42 Å². The molecule has 0 unspecified atom stereocenters. The van der Waals surface area contributed by atoms with E-state index in [1.807, 2.05) is 37.3 Å². The topological polar surface area (TPSA) is 13.1 Å². The first-order valence-electron chi connectivity index (χ1n) is 3.88. The maximum Gasteiger partial charge on any atom is 0.108 e. The van der Waals surface area contributed by atoms with Gasteiger partial charge in [0, 0.05) is 5.56 Å². The van der Waals surface area contributed by atoms with Gasteiger partial charge in [0.25, 0.3) is 0 Å². The van der Waals surface area contributed by atoms with Crippen molar-refractivity contribution < 1.29 is 4.42 Å². The SMILES string of the molecule is Cc1occc1-c1c[c]ccc1. The molecule has 0 amide bonds. The second-order valence-corrected chi connectivity index (χ2v) is 2.68. The molecule has 1 heterocycles. The molecule has 0 aliphatic heterocycles. The lowest BCUT2D eigenvalue weighted by molar-refractivity contribution is 0.535. The molecule has 2 aromatic rings. The highest BCUT2D eigenvalue weighted by Gasteiger charge is 2.01. The second-order valence-electron chi connectivity index (χ2n) is 2.68. The Hall–Kier alpha value is -1.50. The van der Waals surface area contributed by atoms with Crippen molar-refractivity contribution in [2.75, 3.05) is 0 Å². The number of hydrogen-bond donors (Lipinski definition) is 0. The summed E-state index contributed by atoms with van der Waals surface area (Å²) >= 11 is 0. The van der Waals surface area contributed by atoms with E-state index in [1.54, 1.807) is 6.26 Å². The molecule has 1 radical (unpaired) electrons. The maximum atomic E-state index is 5.21. The van der Waals surface area contributed by atoms with Crippen LogP contribution in [0.2, 0.25) is 0 Å². The van der Waals surface area contributed by atoms with Gasteiger partial charge in [-0.25, -0.2) is 0 Å². The highest BCUT2D eigenvalue weighted by Crippen LogP contribution is 2.22. The van der Waals surface area contributed by atoms with Gasteiger partial charge in [-0.15, -0.1) is 0 Å². The molecular weight excluding hydrogens is 148 g/mol. The smallest absolute Gasteiger partial charge is 0.108 e. The molecule has 2 rings (SSSR count). The molecule has 1 aromatic heterocycles. The summed E-state index contributed by atoms with van der Waals surface area (Å²) in [5.74, 6) is 0.953. The predicted octanol–water partition coefficient (Wildman–Crippen LogP) is 3.06. The first-order chi connectivity index (χ1) is 5.88. The van der Waals surface area contributed by atoms with Crippen molar-refractivity contribution in [2.24, 2.45) is 0 Å². The highest BCUT2D eigenvalue weighted by molar-refractivity contribution is 5.64. The van der Waals surface area contributed by atoms with Crippen molar-refractivity contribution >= 4 is 0 Å². The third kappa shape index (κ3) is 1.14. The molecule has 0 atom stereocenters. The van der Waals surface area contributed by atoms with Crippen LogP contribution in [-0.2, 0) is 0 Å². The van der Waals surface area contributed by atoms with Crippen molar-refractivity contribution in [1.82, 2.24) is 0 Å². The Bertz CT molecular complexity index is 360. The Labute approximate surface area is 71.6 Å². The van der Waals surface area contributed by atoms with Crippen LogP contribution in [0.25, 0.3) is 11.1 Å². The van der Waals surface area contributed by atoms with Gasteiger partial charge in [0.05, 0.1) is 6.26 Å². The highest BCUT2D eigenvalue weighted by atomic mass is 16.3. The predicted molar refractivity (Wildman–Crippen MR) is 47.7 cm³/mol. The van der Waals surface area contributed by atoms with Crippen LogP contribution in [0.4, 0.5) is 0 Å². The summed E-state index contributed by atoms with van der Waals surface area (Å²) in [5, 5.41) is 0. The largest absolute Gasteiger partial charge is 0.469 e. The van der Waals surface area contributed by atoms with E-state index < -0.39 is 0 Å². The Balaban J connectivity index is 2.51. The lowest BCUT2D eigenvalue weighted by Gasteiger charge is -1.96. The second kappa shape index (κ2) is 2.86. The van der Waals surface area contributed by atoms with E-state index in [2.05, 4.69) is 6.07 Å². The molecule has 1 aromatic carbocycles. The monoisotopic (exact) mass is 157 g/mol. The van der Waals surface area contributed by atoms with Crippen LogP contribution < -0.4 is 0 Å². The van der Waals surface area contributed by atoms with Crippen molar-refractivity contribution in [2.45, 2.75) is 6.92 Å². The third-order valence-electron chi connectivity index (χ3n) is 1.88. The van der Waals surface area contributed by atoms with Crippen LogP contribution in [0.3, 0.4) is 0 Å². The van der Waals surface area contributed by atoms with E-state index >= 15 is 0 Å². The molecule has 0 spiro atoms. The fourth-order valence-corrected chi connectivity index (χ4v) is 1.25. The average Bonchev–Trinajstić information content (AvgIpc) is 2.53. The summed E-state index contributed by atoms with van der Waals surface area (Å²) in [6, 6.07) is 12.9. The molecule has 0 aliphatic carbocycles. The van der Waals surface area contributed by atoms with Crippen molar-refractivity contribution in [3.8, 4) is 11.1 Å². The first kappa shape index (κ1) is 7.17. The van der Waals surface area contributed by atoms with E-state index in [0.29, 0.717) is 0 Å². The standard InChI is InChI=1S/C11H9O/c1-9-11(7-8-12-9)10-5-3-2-4-6-10/h2-3,5-8H,1H3. The summed E-state index contributed by atoms with van der Waals surface area (Å²) in [5.41, 5.74) is 2.30. The molecular formula is C11H9O. The summed E-state index contributed by atoms with van der Waals surface area (Å²) in [4.78, 5) is 0. The number of benzene rings is 1. The fraction of sp³-hybridized carbons (Fsp3) is 0.0909. The molecule has 1 nitrogen and oxygen atoms in total. The molecule has 0 fully saturated rings. The normalized spacial score (nSPS) is 10.1. The van der Waals surface area contributed by atoms with Crippen LogP contribution in [0, 0.1) is 13.0 Å². The third-order valence-corrected chi connectivity index (χ3v) is 1.88. The lowest BCUT2D eigenvalue weighted by atomic mass is 10.1. The lowest BCUT2D eigenvalue weighted by Crippen LogP contribution is -1.74. The van der Waals surface area contributed by atoms with Gasteiger partial charge in [0.2, 0.25) is 0 Å². The van der Waals surface area contributed by atoms with E-state index in [-0.39, 0.29) is 0 Å². The van der Waals surface area contributed by atoms with Crippen molar-refractivity contribution in [3.63, 3.8) is 0 Å². The molecule has 1 heteroatoms. The summed E-state index contributed by atoms with van der Waals surface area (Å²) < 4.78 is 5.21. The molecule has 59 valence electrons. The number of aryl methyl sites for hydroxylation is 1. The van der Waals surface area contributed by atoms with E-state index in [4.69, 9.17) is 4.42 Å². The molecule has 0 aliphatic rings. The first-order valence-corrected chi connectivity index (χ1v) is 3.88. The van der Waals surface area contributed by atoms with Gasteiger partial charge in [0.1, 0.15) is 5.76 Å². The van der Waals surface area contributed by atoms with E-state index in [1.165, 1.54) is 0 Å². The Morgan fingerprint density at radius 1 is 1.33 bits per heavy atom. The van der Waals surface area contributed by atoms with Gasteiger partial charge in [-0.2, -0.15) is 0 Å². The Morgan fingerprint density at radius 3 is 2.83 bits per heavy atom. The van der Waals surface area contributed by atoms with Crippen molar-refractivity contribution in [3.05, 3.63) is 48.4 Å². The Morgan fingerprint density at radius 2 is 2.25 bits per heavy atom. The zero-order valence-corrected chi connectivity index (χ0v) is 6.87. The number of rotatable bonds is 1. The zero-order chi connectivity index (χ0) is 8.39. The summed E-state index contributed by atoms with van der Waals surface area (Å²) in [6.45, 7) is 1.96. The summed E-state index contributed by atoms with van der Waals surface area (Å²) in [7, 11) is 0. The van der Waals surface area contributed by atoms with E-state index in [0.717, 1.165) is 16.9 Å². The number of hydrogen-bond acceptors (Lipinski definition) is 1. The minimum Gasteiger partial charge on any atom is -0.469 e. The van der Waals surface area contributed by atoms with E-state index in [9.17, 15) is 0 Å². The summed E-state index contributed by atoms with van der Waals surface area (Å²) in [6.07, 6.45) is 1.71. The van der Waals surface area contributed by atoms with Crippen molar-refractivity contribution in [1.29, 1.82) is 0 Å². The maximum absolute atomic E-state index is 5.21. The molecule has 0 N–H and O–H groups in total. The molecule has 0 saturated heterocycles. The average molecular weight is 157 g/mol. The van der Waals surface area contributed by atoms with Crippen LogP contribution in [0.15, 0.2) is 41.0 Å². The van der Waals surface area contributed by atoms with Crippen LogP contribution in [0.5, 0.6) is 0 Å². The van der Waals surface area contributed by atoms with Crippen LogP contribution >= 0.6 is 0 Å². The molecule has 12 heavy (non-hydrogen) atoms. The van der Waals surface area contributed by atoms with Gasteiger partial charge in [0.15, 0.2) is 0 Å². The van der Waals surface area contributed by atoms with Gasteiger partial charge in [-0.3, -0.25) is 0 Å². The van der Waals surface area contributed by atoms with Gasteiger partial charge in [-0.05, 0) is 30.7 Å². The molecule has 0 bridgehead atoms. The van der Waals surface area contributed by atoms with Gasteiger partial charge >= 0.3 is 0 Å². The fourth-order valence-electron chi connectivity index (χ4n) is 1.25. The zero-order valence-electron chi connectivity index (χ0n) is 6.87. The quantitative estimate of drug-likeness (QED) is 0.620. The molecule has 0 saturated carbocycles. The minimum absolute atomic E-state index is 0.953. The minimum atomic E-state index is 0.953.